The number of carbonyl (C=O) groups excluding carboxylic acids is 2. The van der Waals surface area contributed by atoms with Crippen molar-refractivity contribution in [2.45, 2.75) is 38.8 Å². The Bertz CT molecular complexity index is 519. The molecule has 0 saturated carbocycles. The van der Waals surface area contributed by atoms with Crippen molar-refractivity contribution in [1.29, 1.82) is 0 Å². The van der Waals surface area contributed by atoms with Gasteiger partial charge >= 0.3 is 6.09 Å². The number of H-pyrrole nitrogens is 1. The number of aromatic amines is 1. The van der Waals surface area contributed by atoms with Crippen LogP contribution in [-0.2, 0) is 4.74 Å². The van der Waals surface area contributed by atoms with Gasteiger partial charge in [0.05, 0.1) is 12.2 Å². The van der Waals surface area contributed by atoms with Gasteiger partial charge in [-0.2, -0.15) is 0 Å². The van der Waals surface area contributed by atoms with Crippen LogP contribution < -0.4 is 0 Å². The fourth-order valence-electron chi connectivity index (χ4n) is 2.54. The molecule has 6 heteroatoms. The summed E-state index contributed by atoms with van der Waals surface area (Å²) < 4.78 is 5.39. The second-order valence-electron chi connectivity index (χ2n) is 6.79. The summed E-state index contributed by atoms with van der Waals surface area (Å²) in [6.45, 7) is 7.19. The van der Waals surface area contributed by atoms with E-state index >= 15 is 0 Å². The molecule has 1 amide bonds. The molecular weight excluding hydrogens is 282 g/mol. The molecule has 1 aromatic heterocycles. The largest absolute Gasteiger partial charge is 0.444 e. The van der Waals surface area contributed by atoms with E-state index in [1.807, 2.05) is 38.8 Å². The smallest absolute Gasteiger partial charge is 0.410 e. The molecule has 0 unspecified atom stereocenters. The summed E-state index contributed by atoms with van der Waals surface area (Å²) >= 11 is 0. The molecule has 0 aromatic carbocycles. The van der Waals surface area contributed by atoms with Gasteiger partial charge in [0.1, 0.15) is 5.60 Å². The number of rotatable bonds is 4. The first kappa shape index (κ1) is 16.5. The Morgan fingerprint density at radius 3 is 2.77 bits per heavy atom. The number of likely N-dealkylation sites (N-methyl/N-ethyl adjacent to an activating group) is 1. The lowest BCUT2D eigenvalue weighted by Gasteiger charge is -2.26. The first-order chi connectivity index (χ1) is 10.3. The van der Waals surface area contributed by atoms with Gasteiger partial charge in [0.25, 0.3) is 0 Å². The van der Waals surface area contributed by atoms with Crippen LogP contribution in [0, 0.1) is 0 Å². The average molecular weight is 307 g/mol. The Morgan fingerprint density at radius 2 is 2.18 bits per heavy atom. The van der Waals surface area contributed by atoms with E-state index in [0.717, 1.165) is 6.42 Å². The average Bonchev–Trinajstić information content (AvgIpc) is 3.08. The number of ketones is 1. The van der Waals surface area contributed by atoms with E-state index in [0.29, 0.717) is 25.3 Å². The summed E-state index contributed by atoms with van der Waals surface area (Å²) in [5.41, 5.74) is 0.138. The van der Waals surface area contributed by atoms with Crippen molar-refractivity contribution in [3.05, 3.63) is 24.0 Å². The molecule has 1 aliphatic heterocycles. The Kier molecular flexibility index (Phi) is 4.90. The maximum absolute atomic E-state index is 12.1. The fourth-order valence-corrected chi connectivity index (χ4v) is 2.54. The van der Waals surface area contributed by atoms with Crippen molar-refractivity contribution >= 4 is 11.9 Å². The molecule has 1 aliphatic rings. The van der Waals surface area contributed by atoms with Crippen LogP contribution in [0.5, 0.6) is 0 Å². The summed E-state index contributed by atoms with van der Waals surface area (Å²) in [7, 11) is 1.92. The molecule has 122 valence electrons. The van der Waals surface area contributed by atoms with E-state index in [1.54, 1.807) is 17.2 Å². The molecule has 1 saturated heterocycles. The van der Waals surface area contributed by atoms with E-state index in [9.17, 15) is 9.59 Å². The summed E-state index contributed by atoms with van der Waals surface area (Å²) in [6, 6.07) is 3.77. The number of ether oxygens (including phenoxy) is 1. The van der Waals surface area contributed by atoms with Crippen molar-refractivity contribution in [3.63, 3.8) is 0 Å². The molecule has 22 heavy (non-hydrogen) atoms. The molecule has 6 nitrogen and oxygen atoms in total. The van der Waals surface area contributed by atoms with Gasteiger partial charge in [-0.3, -0.25) is 9.69 Å². The van der Waals surface area contributed by atoms with Crippen molar-refractivity contribution in [1.82, 2.24) is 14.8 Å². The third kappa shape index (κ3) is 4.34. The zero-order valence-corrected chi connectivity index (χ0v) is 13.8. The summed E-state index contributed by atoms with van der Waals surface area (Å²) in [4.78, 5) is 30.8. The Balaban J connectivity index is 1.84. The Labute approximate surface area is 131 Å². The second-order valence-corrected chi connectivity index (χ2v) is 6.79. The van der Waals surface area contributed by atoms with E-state index < -0.39 is 5.60 Å². The summed E-state index contributed by atoms with van der Waals surface area (Å²) in [5, 5.41) is 0. The van der Waals surface area contributed by atoms with Gasteiger partial charge in [0, 0.05) is 25.3 Å². The first-order valence-corrected chi connectivity index (χ1v) is 7.61. The molecule has 0 spiro atoms. The first-order valence-electron chi connectivity index (χ1n) is 7.61. The maximum atomic E-state index is 12.1. The van der Waals surface area contributed by atoms with E-state index in [1.165, 1.54) is 0 Å². The molecule has 1 N–H and O–H groups in total. The van der Waals surface area contributed by atoms with Gasteiger partial charge in [0.15, 0.2) is 5.78 Å². The Hall–Kier alpha value is -1.82. The van der Waals surface area contributed by atoms with Crippen molar-refractivity contribution < 1.29 is 14.3 Å². The standard InChI is InChI=1S/C16H25N3O3/c1-16(2,3)22-15(21)19-9-7-12(10-19)18(4)11-14(20)13-6-5-8-17-13/h5-6,8,12,17H,7,9-11H2,1-4H3/t12-/m1/s1. The lowest BCUT2D eigenvalue weighted by atomic mass is 10.2. The number of nitrogens with zero attached hydrogens (tertiary/aromatic N) is 2. The quantitative estimate of drug-likeness (QED) is 0.866. The lowest BCUT2D eigenvalue weighted by Crippen LogP contribution is -2.40. The van der Waals surface area contributed by atoms with Crippen LogP contribution in [0.25, 0.3) is 0 Å². The minimum atomic E-state index is -0.481. The molecule has 2 rings (SSSR count). The van der Waals surface area contributed by atoms with Gasteiger partial charge in [-0.15, -0.1) is 0 Å². The predicted octanol–water partition coefficient (Wildman–Crippen LogP) is 2.14. The van der Waals surface area contributed by atoms with Crippen LogP contribution in [0.15, 0.2) is 18.3 Å². The molecule has 0 aliphatic carbocycles. The minimum Gasteiger partial charge on any atom is -0.444 e. The maximum Gasteiger partial charge on any atom is 0.410 e. The van der Waals surface area contributed by atoms with Crippen LogP contribution in [0.4, 0.5) is 4.79 Å². The number of hydrogen-bond acceptors (Lipinski definition) is 4. The summed E-state index contributed by atoms with van der Waals surface area (Å²) in [5.74, 6) is 0.0585. The predicted molar refractivity (Wildman–Crippen MR) is 84.0 cm³/mol. The number of aromatic nitrogens is 1. The zero-order chi connectivity index (χ0) is 16.3. The molecule has 2 heterocycles. The lowest BCUT2D eigenvalue weighted by molar-refractivity contribution is 0.0283. The van der Waals surface area contributed by atoms with E-state index in [-0.39, 0.29) is 17.9 Å². The van der Waals surface area contributed by atoms with Gasteiger partial charge in [-0.25, -0.2) is 4.79 Å². The number of hydrogen-bond donors (Lipinski definition) is 1. The topological polar surface area (TPSA) is 65.6 Å². The minimum absolute atomic E-state index is 0.0585. The number of carbonyl (C=O) groups is 2. The zero-order valence-electron chi connectivity index (χ0n) is 13.8. The number of likely N-dealkylation sites (tertiary alicyclic amines) is 1. The van der Waals surface area contributed by atoms with Crippen LogP contribution in [0.2, 0.25) is 0 Å². The Morgan fingerprint density at radius 1 is 1.45 bits per heavy atom. The van der Waals surface area contributed by atoms with Crippen LogP contribution in [0.1, 0.15) is 37.7 Å². The second kappa shape index (κ2) is 6.52. The molecular formula is C16H25N3O3. The van der Waals surface area contributed by atoms with E-state index in [4.69, 9.17) is 4.74 Å². The third-order valence-electron chi connectivity index (χ3n) is 3.73. The van der Waals surface area contributed by atoms with Gasteiger partial charge in [0.2, 0.25) is 0 Å². The van der Waals surface area contributed by atoms with Crippen LogP contribution in [0.3, 0.4) is 0 Å². The van der Waals surface area contributed by atoms with Crippen molar-refractivity contribution in [2.75, 3.05) is 26.7 Å². The van der Waals surface area contributed by atoms with E-state index in [2.05, 4.69) is 4.98 Å². The molecule has 1 atom stereocenters. The third-order valence-corrected chi connectivity index (χ3v) is 3.73. The van der Waals surface area contributed by atoms with Crippen LogP contribution >= 0.6 is 0 Å². The monoisotopic (exact) mass is 307 g/mol. The number of Topliss-reactive ketones (excluding diaryl/α,β-unsaturated/α-hetero) is 1. The van der Waals surface area contributed by atoms with Gasteiger partial charge in [-0.1, -0.05) is 0 Å². The highest BCUT2D eigenvalue weighted by Gasteiger charge is 2.32. The normalized spacial score (nSPS) is 18.8. The molecule has 0 radical (unpaired) electrons. The van der Waals surface area contributed by atoms with Gasteiger partial charge < -0.3 is 14.6 Å². The van der Waals surface area contributed by atoms with Crippen molar-refractivity contribution in [3.8, 4) is 0 Å². The van der Waals surface area contributed by atoms with Gasteiger partial charge in [-0.05, 0) is 46.4 Å². The number of nitrogens with one attached hydrogen (secondary N) is 1. The highest BCUT2D eigenvalue weighted by molar-refractivity contribution is 5.95. The molecule has 1 fully saturated rings. The van der Waals surface area contributed by atoms with Crippen LogP contribution in [-0.4, -0.2) is 65.0 Å². The molecule has 0 bridgehead atoms. The van der Waals surface area contributed by atoms with Crippen molar-refractivity contribution in [2.24, 2.45) is 0 Å². The SMILES string of the molecule is CN(CC(=O)c1ccc[nH]1)[C@@H]1CCN(C(=O)OC(C)(C)C)C1. The highest BCUT2D eigenvalue weighted by atomic mass is 16.6. The highest BCUT2D eigenvalue weighted by Crippen LogP contribution is 2.18. The number of amides is 1. The fraction of sp³-hybridized carbons (Fsp3) is 0.625. The summed E-state index contributed by atoms with van der Waals surface area (Å²) in [6.07, 6.45) is 2.32. The molecule has 1 aromatic rings.